The molecule has 8 atom stereocenters. The van der Waals surface area contributed by atoms with Gasteiger partial charge in [0.25, 0.3) is 0 Å². The first kappa shape index (κ1) is 35.1. The number of hydrogen-bond donors (Lipinski definition) is 0. The molecule has 4 nitrogen and oxygen atoms in total. The zero-order valence-corrected chi connectivity index (χ0v) is 32.6. The maximum Gasteiger partial charge on any atom is 0.164 e. The quantitative estimate of drug-likeness (QED) is 0.176. The second-order valence-electron chi connectivity index (χ2n) is 18.6. The van der Waals surface area contributed by atoms with Crippen molar-refractivity contribution in [3.8, 4) is 51.4 Å². The monoisotopic (exact) mass is 710 g/mol. The van der Waals surface area contributed by atoms with Crippen molar-refractivity contribution in [3.05, 3.63) is 114 Å². The van der Waals surface area contributed by atoms with Crippen LogP contribution in [0.1, 0.15) is 109 Å². The van der Waals surface area contributed by atoms with Crippen molar-refractivity contribution in [2.45, 2.75) is 103 Å². The predicted molar refractivity (Wildman–Crippen MR) is 219 cm³/mol. The van der Waals surface area contributed by atoms with Crippen LogP contribution >= 0.6 is 0 Å². The number of benzene rings is 4. The van der Waals surface area contributed by atoms with Crippen molar-refractivity contribution < 1.29 is 0 Å². The van der Waals surface area contributed by atoms with Crippen molar-refractivity contribution in [1.29, 1.82) is 5.26 Å². The highest BCUT2D eigenvalue weighted by Gasteiger charge is 2.48. The molecule has 4 aliphatic rings. The Labute approximate surface area is 322 Å². The molecule has 4 aromatic carbocycles. The van der Waals surface area contributed by atoms with Crippen LogP contribution in [0.3, 0.4) is 0 Å². The normalized spacial score (nSPS) is 30.4. The van der Waals surface area contributed by atoms with Crippen LogP contribution in [0.2, 0.25) is 0 Å². The second kappa shape index (κ2) is 13.9. The van der Waals surface area contributed by atoms with Crippen LogP contribution in [0, 0.1) is 46.8 Å². The molecule has 4 heteroatoms. The van der Waals surface area contributed by atoms with Gasteiger partial charge in [0.2, 0.25) is 0 Å². The van der Waals surface area contributed by atoms with Crippen LogP contribution in [0.4, 0.5) is 0 Å². The van der Waals surface area contributed by atoms with E-state index in [0.29, 0.717) is 23.0 Å². The highest BCUT2D eigenvalue weighted by molar-refractivity contribution is 5.74. The van der Waals surface area contributed by atoms with Gasteiger partial charge in [-0.05, 0) is 151 Å². The lowest BCUT2D eigenvalue weighted by Gasteiger charge is -2.52. The van der Waals surface area contributed by atoms with Crippen molar-refractivity contribution in [3.63, 3.8) is 0 Å². The first-order chi connectivity index (χ1) is 26.2. The van der Waals surface area contributed by atoms with Gasteiger partial charge in [0.05, 0.1) is 11.6 Å². The number of aromatic nitrogens is 3. The SMILES string of the molecule is C[C@@H]1C[C@@H]2C[C@H](C)CC(c3cc(-c4cccc(-c5nc(-c6ccccc6)nc(-c6cccc(C#N)c6)n5)c4)cc(C45C[C@H](C)C[C@H](C[C@H](C)C4)C5)c3)(C1)C2. The smallest absolute Gasteiger partial charge is 0.164 e. The fraction of sp³-hybridized carbons (Fsp3) is 0.440. The summed E-state index contributed by atoms with van der Waals surface area (Å²) in [7, 11) is 0. The number of hydrogen-bond acceptors (Lipinski definition) is 4. The molecule has 54 heavy (non-hydrogen) atoms. The molecule has 2 unspecified atom stereocenters. The van der Waals surface area contributed by atoms with Crippen LogP contribution in [0.15, 0.2) is 97.1 Å². The fourth-order valence-corrected chi connectivity index (χ4v) is 12.4. The molecular formula is C50H54N4. The summed E-state index contributed by atoms with van der Waals surface area (Å²) in [4.78, 5) is 15.1. The van der Waals surface area contributed by atoms with E-state index in [9.17, 15) is 5.26 Å². The number of nitriles is 1. The summed E-state index contributed by atoms with van der Waals surface area (Å²) in [5.74, 6) is 6.60. The molecule has 4 saturated carbocycles. The zero-order chi connectivity index (χ0) is 37.0. The van der Waals surface area contributed by atoms with Gasteiger partial charge in [0.1, 0.15) is 0 Å². The Hall–Kier alpha value is -4.62. The summed E-state index contributed by atoms with van der Waals surface area (Å²) in [6.45, 7) is 10.1. The Balaban J connectivity index is 1.20. The van der Waals surface area contributed by atoms with E-state index in [1.165, 1.54) is 75.3 Å². The molecule has 274 valence electrons. The Morgan fingerprint density at radius 1 is 0.463 bits per heavy atom. The Morgan fingerprint density at radius 3 is 1.43 bits per heavy atom. The van der Waals surface area contributed by atoms with E-state index in [4.69, 9.17) is 15.0 Å². The Morgan fingerprint density at radius 2 is 0.907 bits per heavy atom. The summed E-state index contributed by atoms with van der Waals surface area (Å²) >= 11 is 0. The van der Waals surface area contributed by atoms with E-state index < -0.39 is 0 Å². The van der Waals surface area contributed by atoms with Gasteiger partial charge in [-0.2, -0.15) is 5.26 Å². The molecule has 0 N–H and O–H groups in total. The molecule has 1 heterocycles. The standard InChI is InChI=1S/C50H54N4/c1-32-16-37-17-33(2)26-49(25-32,29-37)44-22-43(23-45(24-44)50-27-34(3)18-38(30-50)19-35(4)28-50)40-13-9-15-42(21-40)48-53-46(39-11-6-5-7-12-39)52-47(54-48)41-14-8-10-36(20-41)31-51/h5-15,20-24,32-35,37-38H,16-19,25-30H2,1-4H3/t32-,33+,34-,35+,37-,38-,49?,50?. The Bertz CT molecular complexity index is 2110. The van der Waals surface area contributed by atoms with E-state index in [2.05, 4.69) is 76.2 Å². The molecular weight excluding hydrogens is 657 g/mol. The van der Waals surface area contributed by atoms with E-state index in [1.807, 2.05) is 54.6 Å². The minimum absolute atomic E-state index is 0.255. The first-order valence-corrected chi connectivity index (χ1v) is 20.7. The first-order valence-electron chi connectivity index (χ1n) is 20.7. The van der Waals surface area contributed by atoms with E-state index in [0.717, 1.165) is 52.2 Å². The summed E-state index contributed by atoms with van der Waals surface area (Å²) in [5.41, 5.74) is 9.61. The van der Waals surface area contributed by atoms with Crippen LogP contribution in [0.5, 0.6) is 0 Å². The molecule has 0 amide bonds. The largest absolute Gasteiger partial charge is 0.208 e. The Kier molecular flexibility index (Phi) is 9.04. The molecule has 0 radical (unpaired) electrons. The summed E-state index contributed by atoms with van der Waals surface area (Å²) in [6, 6.07) is 36.8. The van der Waals surface area contributed by atoms with Gasteiger partial charge in [-0.25, -0.2) is 15.0 Å². The fourth-order valence-electron chi connectivity index (χ4n) is 12.4. The van der Waals surface area contributed by atoms with Gasteiger partial charge >= 0.3 is 0 Å². The zero-order valence-electron chi connectivity index (χ0n) is 32.6. The maximum absolute atomic E-state index is 9.66. The molecule has 1 aromatic heterocycles. The predicted octanol–water partition coefficient (Wildman–Crippen LogP) is 12.6. The third kappa shape index (κ3) is 6.70. The van der Waals surface area contributed by atoms with E-state index >= 15 is 0 Å². The van der Waals surface area contributed by atoms with Gasteiger partial charge in [-0.3, -0.25) is 0 Å². The number of nitrogens with zero attached hydrogens (tertiary/aromatic N) is 4. The highest BCUT2D eigenvalue weighted by Crippen LogP contribution is 2.58. The molecule has 0 spiro atoms. The minimum atomic E-state index is 0.255. The van der Waals surface area contributed by atoms with Crippen molar-refractivity contribution in [1.82, 2.24) is 15.0 Å². The third-order valence-electron chi connectivity index (χ3n) is 13.8. The summed E-state index contributed by atoms with van der Waals surface area (Å²) in [5, 5.41) is 9.66. The number of fused-ring (bicyclic) bond motifs is 4. The molecule has 4 bridgehead atoms. The van der Waals surface area contributed by atoms with Gasteiger partial charge in [0, 0.05) is 16.7 Å². The summed E-state index contributed by atoms with van der Waals surface area (Å²) in [6.07, 6.45) is 13.5. The van der Waals surface area contributed by atoms with Crippen LogP contribution in [0.25, 0.3) is 45.3 Å². The molecule has 4 aliphatic carbocycles. The lowest BCUT2D eigenvalue weighted by atomic mass is 9.52. The maximum atomic E-state index is 9.66. The second-order valence-corrected chi connectivity index (χ2v) is 18.6. The lowest BCUT2D eigenvalue weighted by Crippen LogP contribution is -2.44. The van der Waals surface area contributed by atoms with Crippen LogP contribution in [-0.2, 0) is 10.8 Å². The van der Waals surface area contributed by atoms with Gasteiger partial charge in [-0.15, -0.1) is 0 Å². The molecule has 4 fully saturated rings. The average Bonchev–Trinajstić information content (AvgIpc) is 3.17. The average molecular weight is 711 g/mol. The van der Waals surface area contributed by atoms with Crippen molar-refractivity contribution in [2.24, 2.45) is 35.5 Å². The van der Waals surface area contributed by atoms with E-state index in [-0.39, 0.29) is 10.8 Å². The van der Waals surface area contributed by atoms with Crippen LogP contribution in [-0.4, -0.2) is 15.0 Å². The lowest BCUT2D eigenvalue weighted by molar-refractivity contribution is 0.0738. The minimum Gasteiger partial charge on any atom is -0.208 e. The molecule has 0 saturated heterocycles. The highest BCUT2D eigenvalue weighted by atomic mass is 15.0. The van der Waals surface area contributed by atoms with Crippen molar-refractivity contribution >= 4 is 0 Å². The van der Waals surface area contributed by atoms with E-state index in [1.54, 1.807) is 11.1 Å². The summed E-state index contributed by atoms with van der Waals surface area (Å²) < 4.78 is 0. The topological polar surface area (TPSA) is 62.5 Å². The van der Waals surface area contributed by atoms with Gasteiger partial charge < -0.3 is 0 Å². The van der Waals surface area contributed by atoms with Gasteiger partial charge in [-0.1, -0.05) is 107 Å². The molecule has 9 rings (SSSR count). The van der Waals surface area contributed by atoms with Crippen molar-refractivity contribution in [2.75, 3.05) is 0 Å². The molecule has 0 aliphatic heterocycles. The third-order valence-corrected chi connectivity index (χ3v) is 13.8. The van der Waals surface area contributed by atoms with Gasteiger partial charge in [0.15, 0.2) is 17.5 Å². The number of rotatable bonds is 6. The molecule has 5 aromatic rings. The van der Waals surface area contributed by atoms with Crippen LogP contribution < -0.4 is 0 Å².